The highest BCUT2D eigenvalue weighted by molar-refractivity contribution is 6.04. The number of carbonyl (C=O) groups excluding carboxylic acids is 1. The minimum absolute atomic E-state index is 0.126. The highest BCUT2D eigenvalue weighted by Crippen LogP contribution is 2.28. The number of rotatable bonds is 4. The van der Waals surface area contributed by atoms with E-state index in [-0.39, 0.29) is 5.56 Å². The highest BCUT2D eigenvalue weighted by Gasteiger charge is 2.23. The molecule has 0 saturated heterocycles. The fourth-order valence-electron chi connectivity index (χ4n) is 3.56. The summed E-state index contributed by atoms with van der Waals surface area (Å²) in [4.78, 5) is 40.7. The van der Waals surface area contributed by atoms with Gasteiger partial charge in [0.05, 0.1) is 10.9 Å². The molecular formula is C23H21N3O4. The third-order valence-corrected chi connectivity index (χ3v) is 5.26. The number of aromatic nitrogens is 2. The largest absolute Gasteiger partial charge is 0.481 e. The van der Waals surface area contributed by atoms with Crippen molar-refractivity contribution in [2.45, 2.75) is 26.8 Å². The van der Waals surface area contributed by atoms with Crippen LogP contribution in [0.25, 0.3) is 22.6 Å². The van der Waals surface area contributed by atoms with Gasteiger partial charge >= 0.3 is 5.97 Å². The third kappa shape index (κ3) is 3.61. The Morgan fingerprint density at radius 3 is 2.77 bits per heavy atom. The zero-order valence-electron chi connectivity index (χ0n) is 16.7. The van der Waals surface area contributed by atoms with Crippen molar-refractivity contribution in [2.75, 3.05) is 5.32 Å². The first-order valence-corrected chi connectivity index (χ1v) is 9.69. The number of allylic oxidation sites excluding steroid dienone is 1. The predicted molar refractivity (Wildman–Crippen MR) is 115 cm³/mol. The number of amides is 1. The maximum absolute atomic E-state index is 12.9. The molecule has 1 atom stereocenters. The van der Waals surface area contributed by atoms with Gasteiger partial charge in [-0.25, -0.2) is 4.98 Å². The van der Waals surface area contributed by atoms with E-state index in [1.54, 1.807) is 22.8 Å². The average molecular weight is 403 g/mol. The first kappa shape index (κ1) is 19.6. The van der Waals surface area contributed by atoms with Crippen LogP contribution in [-0.2, 0) is 16.1 Å². The number of aryl methyl sites for hydroxylation is 1. The molecule has 0 bridgehead atoms. The smallest absolute Gasteiger partial charge is 0.315 e. The molecule has 1 aliphatic heterocycles. The van der Waals surface area contributed by atoms with Crippen LogP contribution in [0.4, 0.5) is 5.69 Å². The van der Waals surface area contributed by atoms with Gasteiger partial charge < -0.3 is 10.4 Å². The van der Waals surface area contributed by atoms with Crippen molar-refractivity contribution in [2.24, 2.45) is 5.92 Å². The summed E-state index contributed by atoms with van der Waals surface area (Å²) >= 11 is 0. The van der Waals surface area contributed by atoms with E-state index in [0.29, 0.717) is 35.4 Å². The lowest BCUT2D eigenvalue weighted by atomic mass is 10.1. The number of carbonyl (C=O) groups is 2. The molecule has 4 rings (SSSR count). The van der Waals surface area contributed by atoms with Crippen molar-refractivity contribution in [1.82, 2.24) is 9.55 Å². The zero-order valence-corrected chi connectivity index (χ0v) is 16.7. The van der Waals surface area contributed by atoms with Gasteiger partial charge in [0.1, 0.15) is 11.7 Å². The summed E-state index contributed by atoms with van der Waals surface area (Å²) in [5, 5.41) is 12.0. The van der Waals surface area contributed by atoms with E-state index in [9.17, 15) is 14.4 Å². The molecule has 0 aliphatic carbocycles. The van der Waals surface area contributed by atoms with Gasteiger partial charge in [-0.3, -0.25) is 19.0 Å². The van der Waals surface area contributed by atoms with Crippen LogP contribution < -0.4 is 10.9 Å². The van der Waals surface area contributed by atoms with E-state index >= 15 is 0 Å². The standard InChI is InChI=1S/C23H21N3O4/c1-13-4-3-5-15(10-13)11-16-8-9-26-20(16)25-19-12-17(6-7-18(19)22(26)28)24-21(27)14(2)23(29)30/h3-7,10-12,14H,8-9H2,1-2H3,(H,24,27)(H,29,30). The maximum Gasteiger partial charge on any atom is 0.315 e. The molecule has 7 heteroatoms. The van der Waals surface area contributed by atoms with Gasteiger partial charge in [0, 0.05) is 12.2 Å². The SMILES string of the molecule is Cc1cccc(C=C2CCn3c2nc2cc(NC(=O)C(C)C(=O)O)ccc2c3=O)c1. The van der Waals surface area contributed by atoms with Crippen LogP contribution in [0.3, 0.4) is 0 Å². The Morgan fingerprint density at radius 1 is 1.23 bits per heavy atom. The minimum atomic E-state index is -1.20. The molecule has 1 aliphatic rings. The van der Waals surface area contributed by atoms with E-state index < -0.39 is 17.8 Å². The Hall–Kier alpha value is -3.74. The molecule has 2 aromatic carbocycles. The van der Waals surface area contributed by atoms with Crippen LogP contribution in [0.1, 0.15) is 30.3 Å². The second-order valence-corrected chi connectivity index (χ2v) is 7.51. The van der Waals surface area contributed by atoms with Crippen molar-refractivity contribution < 1.29 is 14.7 Å². The molecule has 0 saturated carbocycles. The number of fused-ring (bicyclic) bond motifs is 2. The molecule has 1 unspecified atom stereocenters. The molecular weight excluding hydrogens is 382 g/mol. The van der Waals surface area contributed by atoms with E-state index in [4.69, 9.17) is 10.1 Å². The van der Waals surface area contributed by atoms with Crippen LogP contribution >= 0.6 is 0 Å². The highest BCUT2D eigenvalue weighted by atomic mass is 16.4. The van der Waals surface area contributed by atoms with Gasteiger partial charge in [-0.05, 0) is 55.7 Å². The quantitative estimate of drug-likeness (QED) is 0.651. The lowest BCUT2D eigenvalue weighted by Crippen LogP contribution is -2.27. The Kier molecular flexibility index (Phi) is 4.95. The van der Waals surface area contributed by atoms with Crippen molar-refractivity contribution in [3.63, 3.8) is 0 Å². The number of anilines is 1. The molecule has 0 radical (unpaired) electrons. The molecule has 3 aromatic rings. The van der Waals surface area contributed by atoms with E-state index in [1.165, 1.54) is 6.92 Å². The van der Waals surface area contributed by atoms with Gasteiger partial charge in [-0.1, -0.05) is 29.8 Å². The number of nitrogens with zero attached hydrogens (tertiary/aromatic N) is 2. The van der Waals surface area contributed by atoms with Gasteiger partial charge in [0.15, 0.2) is 0 Å². The minimum Gasteiger partial charge on any atom is -0.481 e. The molecule has 152 valence electrons. The van der Waals surface area contributed by atoms with Crippen molar-refractivity contribution in [3.05, 3.63) is 69.8 Å². The number of aliphatic carboxylic acids is 1. The first-order chi connectivity index (χ1) is 14.3. The average Bonchev–Trinajstić information content (AvgIpc) is 3.10. The Balaban J connectivity index is 1.74. The van der Waals surface area contributed by atoms with Crippen LogP contribution in [0.2, 0.25) is 0 Å². The van der Waals surface area contributed by atoms with Crippen LogP contribution in [0, 0.1) is 12.8 Å². The fraction of sp³-hybridized carbons (Fsp3) is 0.217. The summed E-state index contributed by atoms with van der Waals surface area (Å²) in [6.45, 7) is 3.92. The first-order valence-electron chi connectivity index (χ1n) is 9.69. The van der Waals surface area contributed by atoms with Crippen molar-refractivity contribution >= 4 is 40.1 Å². The zero-order chi connectivity index (χ0) is 21.4. The summed E-state index contributed by atoms with van der Waals surface area (Å²) in [7, 11) is 0. The van der Waals surface area contributed by atoms with E-state index in [2.05, 4.69) is 11.4 Å². The topological polar surface area (TPSA) is 101 Å². The monoisotopic (exact) mass is 403 g/mol. The van der Waals surface area contributed by atoms with Gasteiger partial charge in [0.25, 0.3) is 5.56 Å². The summed E-state index contributed by atoms with van der Waals surface area (Å²) in [5.74, 6) is -2.38. The second kappa shape index (κ2) is 7.59. The van der Waals surface area contributed by atoms with Gasteiger partial charge in [-0.2, -0.15) is 0 Å². The number of benzene rings is 2. The molecule has 30 heavy (non-hydrogen) atoms. The fourth-order valence-corrected chi connectivity index (χ4v) is 3.56. The number of nitrogens with one attached hydrogen (secondary N) is 1. The molecule has 1 amide bonds. The molecule has 2 N–H and O–H groups in total. The Bertz CT molecular complexity index is 1270. The normalized spacial score (nSPS) is 15.2. The molecule has 0 fully saturated rings. The number of hydrogen-bond donors (Lipinski definition) is 2. The molecule has 1 aromatic heterocycles. The third-order valence-electron chi connectivity index (χ3n) is 5.26. The molecule has 0 spiro atoms. The Morgan fingerprint density at radius 2 is 2.03 bits per heavy atom. The van der Waals surface area contributed by atoms with E-state index in [1.807, 2.05) is 31.2 Å². The lowest BCUT2D eigenvalue weighted by Gasteiger charge is -2.10. The van der Waals surface area contributed by atoms with Crippen molar-refractivity contribution in [1.29, 1.82) is 0 Å². The summed E-state index contributed by atoms with van der Waals surface area (Å²) < 4.78 is 1.68. The number of hydrogen-bond acceptors (Lipinski definition) is 4. The molecule has 2 heterocycles. The lowest BCUT2D eigenvalue weighted by molar-refractivity contribution is -0.144. The van der Waals surface area contributed by atoms with Crippen LogP contribution in [0.15, 0.2) is 47.3 Å². The maximum atomic E-state index is 12.9. The summed E-state index contributed by atoms with van der Waals surface area (Å²) in [6, 6.07) is 12.9. The second-order valence-electron chi connectivity index (χ2n) is 7.51. The number of carboxylic acid groups (broad SMARTS) is 1. The summed E-state index contributed by atoms with van der Waals surface area (Å²) in [6.07, 6.45) is 2.76. The van der Waals surface area contributed by atoms with Crippen LogP contribution in [-0.4, -0.2) is 26.5 Å². The summed E-state index contributed by atoms with van der Waals surface area (Å²) in [5.41, 5.74) is 3.93. The molecule has 7 nitrogen and oxygen atoms in total. The van der Waals surface area contributed by atoms with Gasteiger partial charge in [-0.15, -0.1) is 0 Å². The van der Waals surface area contributed by atoms with Crippen LogP contribution in [0.5, 0.6) is 0 Å². The Labute approximate surface area is 172 Å². The van der Waals surface area contributed by atoms with Crippen molar-refractivity contribution in [3.8, 4) is 0 Å². The predicted octanol–water partition coefficient (Wildman–Crippen LogP) is 3.31. The van der Waals surface area contributed by atoms with E-state index in [0.717, 1.165) is 16.7 Å². The van der Waals surface area contributed by atoms with Gasteiger partial charge in [0.2, 0.25) is 5.91 Å². The number of carboxylic acids is 1.